The number of pyridine rings is 1. The number of carbonyl (C=O) groups is 7. The smallest absolute Gasteiger partial charge is 0.328 e. The number of fused-ring (bicyclic) bond motifs is 1. The summed E-state index contributed by atoms with van der Waals surface area (Å²) < 4.78 is 5.96. The van der Waals surface area contributed by atoms with Gasteiger partial charge in [-0.3, -0.25) is 24.2 Å². The van der Waals surface area contributed by atoms with Crippen molar-refractivity contribution in [2.24, 2.45) is 11.8 Å². The lowest BCUT2D eigenvalue weighted by Crippen LogP contribution is -2.51. The summed E-state index contributed by atoms with van der Waals surface area (Å²) in [6, 6.07) is 5.92. The molecule has 0 saturated carbocycles. The second-order valence-electron chi connectivity index (χ2n) is 13.0. The summed E-state index contributed by atoms with van der Waals surface area (Å²) >= 11 is 0. The van der Waals surface area contributed by atoms with Crippen LogP contribution in [0.2, 0.25) is 0 Å². The van der Waals surface area contributed by atoms with Crippen molar-refractivity contribution < 1.29 is 58.7 Å². The van der Waals surface area contributed by atoms with E-state index in [0.717, 1.165) is 57.7 Å². The second kappa shape index (κ2) is 25.4. The molecule has 1 unspecified atom stereocenters. The quantitative estimate of drug-likeness (QED) is 0.0516. The highest BCUT2D eigenvalue weighted by Gasteiger charge is 2.48. The monoisotopic (exact) mass is 768 g/mol. The highest BCUT2D eigenvalue weighted by molar-refractivity contribution is 6.05. The maximum Gasteiger partial charge on any atom is 0.328 e. The number of esters is 1. The zero-order chi connectivity index (χ0) is 40.6. The average molecular weight is 769 g/mol. The first-order valence-corrected chi connectivity index (χ1v) is 18.3. The van der Waals surface area contributed by atoms with Crippen molar-refractivity contribution in [1.29, 1.82) is 0 Å². The summed E-state index contributed by atoms with van der Waals surface area (Å²) in [4.78, 5) is 87.6. The van der Waals surface area contributed by atoms with Crippen LogP contribution in [-0.2, 0) is 38.3 Å². The van der Waals surface area contributed by atoms with E-state index in [-0.39, 0.29) is 36.2 Å². The summed E-state index contributed by atoms with van der Waals surface area (Å²) in [5.41, 5.74) is 0. The van der Waals surface area contributed by atoms with E-state index in [0.29, 0.717) is 50.1 Å². The molecule has 2 fully saturated rings. The Balaban J connectivity index is 0.000000546. The third-order valence-electron chi connectivity index (χ3n) is 8.87. The minimum absolute atomic E-state index is 0.119. The number of hydrogen-bond donors (Lipinski definition) is 4. The molecule has 16 nitrogen and oxygen atoms in total. The highest BCUT2D eigenvalue weighted by atomic mass is 16.5. The Morgan fingerprint density at radius 3 is 1.73 bits per heavy atom. The van der Waals surface area contributed by atoms with E-state index in [2.05, 4.69) is 21.4 Å². The number of ether oxygens (including phenoxy) is 1. The number of imide groups is 1. The Hall–Kier alpha value is -5.64. The van der Waals surface area contributed by atoms with Gasteiger partial charge in [0.2, 0.25) is 11.8 Å². The van der Waals surface area contributed by atoms with Crippen LogP contribution >= 0.6 is 0 Å². The Bertz CT molecular complexity index is 1440. The van der Waals surface area contributed by atoms with Gasteiger partial charge in [-0.1, -0.05) is 50.0 Å². The van der Waals surface area contributed by atoms with Gasteiger partial charge >= 0.3 is 29.8 Å². The van der Waals surface area contributed by atoms with E-state index in [1.54, 1.807) is 6.20 Å². The lowest BCUT2D eigenvalue weighted by atomic mass is 9.85. The molecule has 0 radical (unpaired) electrons. The first-order valence-electron chi connectivity index (χ1n) is 18.3. The number of allylic oxidation sites excluding steroid dienone is 3. The van der Waals surface area contributed by atoms with Crippen molar-refractivity contribution in [3.8, 4) is 0 Å². The van der Waals surface area contributed by atoms with Crippen LogP contribution in [0.15, 0.2) is 73.5 Å². The first kappa shape index (κ1) is 45.5. The van der Waals surface area contributed by atoms with Crippen molar-refractivity contribution >= 4 is 47.5 Å². The summed E-state index contributed by atoms with van der Waals surface area (Å²) in [5, 5.41) is 31.2. The van der Waals surface area contributed by atoms with Gasteiger partial charge in [0.05, 0.1) is 18.4 Å². The van der Waals surface area contributed by atoms with Crippen LogP contribution < -0.4 is 4.90 Å². The molecule has 4 N–H and O–H groups in total. The van der Waals surface area contributed by atoms with E-state index < -0.39 is 30.0 Å². The van der Waals surface area contributed by atoms with Crippen LogP contribution in [-0.4, -0.2) is 122 Å². The Kier molecular flexibility index (Phi) is 21.0. The van der Waals surface area contributed by atoms with Gasteiger partial charge in [-0.2, -0.15) is 0 Å². The van der Waals surface area contributed by atoms with E-state index in [4.69, 9.17) is 25.2 Å². The summed E-state index contributed by atoms with van der Waals surface area (Å²) in [6.07, 6.45) is 18.6. The molecule has 55 heavy (non-hydrogen) atoms. The van der Waals surface area contributed by atoms with Gasteiger partial charge in [0.1, 0.15) is 11.9 Å². The van der Waals surface area contributed by atoms with Gasteiger partial charge in [-0.05, 0) is 44.2 Å². The number of carboxylic acid groups (broad SMARTS) is 4. The molecule has 0 aromatic carbocycles. The molecule has 3 aliphatic rings. The van der Waals surface area contributed by atoms with E-state index in [9.17, 15) is 33.6 Å². The predicted octanol–water partition coefficient (Wildman–Crippen LogP) is 3.80. The normalized spacial score (nSPS) is 18.5. The molecule has 0 bridgehead atoms. The van der Waals surface area contributed by atoms with Crippen molar-refractivity contribution in [1.82, 2.24) is 14.8 Å². The average Bonchev–Trinajstić information content (AvgIpc) is 3.40. The summed E-state index contributed by atoms with van der Waals surface area (Å²) in [5.74, 6) is -5.08. The van der Waals surface area contributed by atoms with Gasteiger partial charge in [0, 0.05) is 69.6 Å². The number of likely N-dealkylation sites (tertiary alicyclic amines) is 1. The Morgan fingerprint density at radius 2 is 1.25 bits per heavy atom. The number of unbranched alkanes of at least 4 members (excludes halogenated alkanes) is 6. The number of anilines is 1. The van der Waals surface area contributed by atoms with Gasteiger partial charge in [0.15, 0.2) is 0 Å². The number of nitrogens with zero attached hydrogens (tertiary/aromatic N) is 4. The van der Waals surface area contributed by atoms with Crippen molar-refractivity contribution in [2.75, 3.05) is 44.2 Å². The fourth-order valence-electron chi connectivity index (χ4n) is 6.17. The number of carbonyl (C=O) groups excluding carboxylic acids is 3. The molecule has 3 atom stereocenters. The SMILES string of the molecule is C=CCCCCCCCCC(=O)OC(CN1CCN(c2ccccn2)CC1)CN1C(=O)[C@H]2CC=CC[C@H]2C1=O.O=C(O)C=CC(=O)O.O=C(O)C=CC(=O)O. The molecule has 16 heteroatoms. The van der Waals surface area contributed by atoms with E-state index in [1.807, 2.05) is 36.4 Å². The fourth-order valence-corrected chi connectivity index (χ4v) is 6.17. The van der Waals surface area contributed by atoms with Gasteiger partial charge in [-0.15, -0.1) is 6.58 Å². The summed E-state index contributed by atoms with van der Waals surface area (Å²) in [6.45, 7) is 7.65. The highest BCUT2D eigenvalue weighted by Crippen LogP contribution is 2.35. The maximum atomic E-state index is 13.1. The van der Waals surface area contributed by atoms with Crippen LogP contribution in [0.3, 0.4) is 0 Å². The molecular formula is C39H52N4O12. The molecule has 3 heterocycles. The zero-order valence-electron chi connectivity index (χ0n) is 30.9. The largest absolute Gasteiger partial charge is 0.478 e. The van der Waals surface area contributed by atoms with Crippen molar-refractivity contribution in [2.45, 2.75) is 70.3 Å². The Labute approximate surface area is 320 Å². The van der Waals surface area contributed by atoms with Gasteiger partial charge < -0.3 is 30.1 Å². The fraction of sp³-hybridized carbons (Fsp3) is 0.487. The van der Waals surface area contributed by atoms with Crippen LogP contribution in [0.5, 0.6) is 0 Å². The third kappa shape index (κ3) is 18.3. The van der Waals surface area contributed by atoms with Crippen LogP contribution in [0.1, 0.15) is 64.2 Å². The number of piperazine rings is 1. The molecule has 1 aliphatic carbocycles. The maximum absolute atomic E-state index is 13.1. The van der Waals surface area contributed by atoms with Crippen molar-refractivity contribution in [3.63, 3.8) is 0 Å². The van der Waals surface area contributed by atoms with Gasteiger partial charge in [0.25, 0.3) is 0 Å². The molecule has 1 aromatic heterocycles. The number of aromatic nitrogens is 1. The number of carboxylic acids is 4. The third-order valence-corrected chi connectivity index (χ3v) is 8.87. The number of rotatable bonds is 19. The number of aliphatic carboxylic acids is 4. The lowest BCUT2D eigenvalue weighted by Gasteiger charge is -2.37. The number of amides is 2. The molecular weight excluding hydrogens is 716 g/mol. The van der Waals surface area contributed by atoms with Crippen LogP contribution in [0.25, 0.3) is 0 Å². The minimum Gasteiger partial charge on any atom is -0.478 e. The van der Waals surface area contributed by atoms with E-state index >= 15 is 0 Å². The molecule has 2 saturated heterocycles. The molecule has 4 rings (SSSR count). The summed E-state index contributed by atoms with van der Waals surface area (Å²) in [7, 11) is 0. The first-order chi connectivity index (χ1) is 26.3. The number of hydrogen-bond acceptors (Lipinski definition) is 11. The lowest BCUT2D eigenvalue weighted by molar-refractivity contribution is -0.155. The molecule has 0 spiro atoms. The van der Waals surface area contributed by atoms with Crippen LogP contribution in [0, 0.1) is 11.8 Å². The Morgan fingerprint density at radius 1 is 0.745 bits per heavy atom. The van der Waals surface area contributed by atoms with E-state index in [1.165, 1.54) is 24.2 Å². The molecule has 2 aliphatic heterocycles. The van der Waals surface area contributed by atoms with Crippen LogP contribution in [0.4, 0.5) is 5.82 Å². The van der Waals surface area contributed by atoms with Gasteiger partial charge in [-0.25, -0.2) is 24.2 Å². The predicted molar refractivity (Wildman–Crippen MR) is 201 cm³/mol. The second-order valence-corrected chi connectivity index (χ2v) is 13.0. The molecule has 2 amide bonds. The molecule has 1 aromatic rings. The standard InChI is InChI=1S/C31H44N4O4.2C4H4O4/c1-2-3-4-5-6-7-8-9-17-29(36)39-25(24-35-30(37)26-14-10-11-15-27(26)31(35)38)23-33-19-21-34(22-20-33)28-16-12-13-18-32-28;2*5-3(6)1-2-4(7)8/h2,10-13,16,18,25-27H,1,3-9,14-15,17,19-24H2;2*1-2H,(H,5,6)(H,7,8)/t25?,26-,27+;;. The van der Waals surface area contributed by atoms with Crippen molar-refractivity contribution in [3.05, 3.63) is 73.5 Å². The molecule has 300 valence electrons. The minimum atomic E-state index is -1.26. The topological polar surface area (TPSA) is 232 Å². The zero-order valence-corrected chi connectivity index (χ0v) is 30.9.